The lowest BCUT2D eigenvalue weighted by molar-refractivity contribution is -0.115. The lowest BCUT2D eigenvalue weighted by Crippen LogP contribution is -2.15. The Balaban J connectivity index is 1.67. The van der Waals surface area contributed by atoms with Gasteiger partial charge in [-0.3, -0.25) is 9.52 Å². The van der Waals surface area contributed by atoms with Gasteiger partial charge >= 0.3 is 0 Å². The maximum Gasteiger partial charge on any atom is 0.261 e. The van der Waals surface area contributed by atoms with Crippen molar-refractivity contribution in [3.8, 4) is 0 Å². The van der Waals surface area contributed by atoms with Crippen molar-refractivity contribution in [2.24, 2.45) is 0 Å². The zero-order valence-electron chi connectivity index (χ0n) is 16.1. The van der Waals surface area contributed by atoms with E-state index in [0.717, 1.165) is 11.1 Å². The van der Waals surface area contributed by atoms with E-state index in [4.69, 9.17) is 11.6 Å². The smallest absolute Gasteiger partial charge is 0.261 e. The number of amides is 1. The number of anilines is 2. The van der Waals surface area contributed by atoms with Gasteiger partial charge in [-0.15, -0.1) is 0 Å². The number of nitrogens with one attached hydrogen (secondary N) is 2. The van der Waals surface area contributed by atoms with E-state index in [-0.39, 0.29) is 17.2 Å². The summed E-state index contributed by atoms with van der Waals surface area (Å²) in [6.07, 6.45) is 0.245. The number of rotatable bonds is 6. The van der Waals surface area contributed by atoms with Gasteiger partial charge in [-0.1, -0.05) is 41.9 Å². The zero-order chi connectivity index (χ0) is 21.0. The number of sulfonamides is 1. The van der Waals surface area contributed by atoms with Crippen LogP contribution in [-0.2, 0) is 21.2 Å². The Bertz CT molecular complexity index is 1140. The van der Waals surface area contributed by atoms with Gasteiger partial charge in [-0.2, -0.15) is 0 Å². The Labute approximate surface area is 175 Å². The number of aryl methyl sites for hydroxylation is 2. The Kier molecular flexibility index (Phi) is 6.25. The molecule has 3 aromatic rings. The molecule has 0 radical (unpaired) electrons. The molecule has 7 heteroatoms. The average molecular weight is 429 g/mol. The first-order valence-corrected chi connectivity index (χ1v) is 10.8. The Morgan fingerprint density at radius 3 is 2.28 bits per heavy atom. The molecule has 1 amide bonds. The van der Waals surface area contributed by atoms with Crippen LogP contribution in [0.5, 0.6) is 0 Å². The molecule has 0 heterocycles. The Hall–Kier alpha value is -2.83. The molecule has 29 heavy (non-hydrogen) atoms. The number of hydrogen-bond donors (Lipinski definition) is 2. The Morgan fingerprint density at radius 1 is 0.931 bits per heavy atom. The van der Waals surface area contributed by atoms with E-state index in [2.05, 4.69) is 10.0 Å². The highest BCUT2D eigenvalue weighted by Crippen LogP contribution is 2.24. The topological polar surface area (TPSA) is 75.3 Å². The molecular weight excluding hydrogens is 408 g/mol. The van der Waals surface area contributed by atoms with E-state index in [1.165, 1.54) is 17.7 Å². The van der Waals surface area contributed by atoms with Crippen LogP contribution in [0.25, 0.3) is 0 Å². The van der Waals surface area contributed by atoms with Crippen LogP contribution in [-0.4, -0.2) is 14.3 Å². The molecule has 0 spiro atoms. The van der Waals surface area contributed by atoms with Crippen molar-refractivity contribution in [3.63, 3.8) is 0 Å². The molecule has 0 aliphatic rings. The molecule has 0 atom stereocenters. The second-order valence-electron chi connectivity index (χ2n) is 6.75. The first kappa shape index (κ1) is 20.9. The third-order valence-corrected chi connectivity index (χ3v) is 6.21. The minimum atomic E-state index is -3.79. The van der Waals surface area contributed by atoms with E-state index >= 15 is 0 Å². The van der Waals surface area contributed by atoms with Gasteiger partial charge in [-0.05, 0) is 66.9 Å². The second kappa shape index (κ2) is 8.68. The van der Waals surface area contributed by atoms with Crippen molar-refractivity contribution in [2.45, 2.75) is 25.2 Å². The van der Waals surface area contributed by atoms with Gasteiger partial charge in [-0.25, -0.2) is 8.42 Å². The van der Waals surface area contributed by atoms with Crippen LogP contribution in [0.15, 0.2) is 71.6 Å². The molecule has 0 fully saturated rings. The van der Waals surface area contributed by atoms with Crippen LogP contribution in [0, 0.1) is 13.8 Å². The largest absolute Gasteiger partial charge is 0.326 e. The SMILES string of the molecule is Cc1ccc(CC(=O)Nc2ccc(S(=O)(=O)Nc3ccccc3Cl)cc2)cc1C. The van der Waals surface area contributed by atoms with Crippen LogP contribution in [0.4, 0.5) is 11.4 Å². The molecule has 3 aromatic carbocycles. The van der Waals surface area contributed by atoms with Gasteiger partial charge < -0.3 is 5.32 Å². The number of benzene rings is 3. The highest BCUT2D eigenvalue weighted by Gasteiger charge is 2.16. The highest BCUT2D eigenvalue weighted by molar-refractivity contribution is 7.92. The van der Waals surface area contributed by atoms with Crippen LogP contribution in [0.3, 0.4) is 0 Å². The maximum absolute atomic E-state index is 12.5. The van der Waals surface area contributed by atoms with E-state index in [1.54, 1.807) is 36.4 Å². The Morgan fingerprint density at radius 2 is 1.62 bits per heavy atom. The normalized spacial score (nSPS) is 11.1. The third-order valence-electron chi connectivity index (χ3n) is 4.50. The van der Waals surface area contributed by atoms with Crippen molar-refractivity contribution in [1.29, 1.82) is 0 Å². The van der Waals surface area contributed by atoms with Crippen molar-refractivity contribution in [2.75, 3.05) is 10.0 Å². The standard InChI is InChI=1S/C22H21ClN2O3S/c1-15-7-8-17(13-16(15)2)14-22(26)24-18-9-11-19(12-10-18)29(27,28)25-21-6-4-3-5-20(21)23/h3-13,25H,14H2,1-2H3,(H,24,26). The minimum Gasteiger partial charge on any atom is -0.326 e. The lowest BCUT2D eigenvalue weighted by Gasteiger charge is -2.11. The average Bonchev–Trinajstić information content (AvgIpc) is 2.67. The summed E-state index contributed by atoms with van der Waals surface area (Å²) < 4.78 is 27.5. The van der Waals surface area contributed by atoms with E-state index in [0.29, 0.717) is 16.4 Å². The summed E-state index contributed by atoms with van der Waals surface area (Å²) in [6, 6.07) is 18.5. The van der Waals surface area contributed by atoms with Crippen molar-refractivity contribution >= 4 is 38.9 Å². The molecule has 0 aliphatic heterocycles. The molecular formula is C22H21ClN2O3S. The first-order valence-electron chi connectivity index (χ1n) is 8.98. The van der Waals surface area contributed by atoms with Gasteiger partial charge in [0.2, 0.25) is 5.91 Å². The fraction of sp³-hybridized carbons (Fsp3) is 0.136. The number of hydrogen-bond acceptors (Lipinski definition) is 3. The molecule has 2 N–H and O–H groups in total. The fourth-order valence-corrected chi connectivity index (χ4v) is 4.09. The van der Waals surface area contributed by atoms with Gasteiger partial charge in [0.1, 0.15) is 0 Å². The first-order chi connectivity index (χ1) is 13.7. The number of carbonyl (C=O) groups is 1. The number of halogens is 1. The summed E-state index contributed by atoms with van der Waals surface area (Å²) in [7, 11) is -3.79. The van der Waals surface area contributed by atoms with Gasteiger partial charge in [0.15, 0.2) is 0 Å². The minimum absolute atomic E-state index is 0.0737. The summed E-state index contributed by atoms with van der Waals surface area (Å²) in [6.45, 7) is 4.03. The quantitative estimate of drug-likeness (QED) is 0.584. The third kappa shape index (κ3) is 5.37. The summed E-state index contributed by atoms with van der Waals surface area (Å²) in [5.41, 5.74) is 4.07. The van der Waals surface area contributed by atoms with Crippen molar-refractivity contribution in [3.05, 3.63) is 88.4 Å². The molecule has 0 unspecified atom stereocenters. The summed E-state index contributed by atoms with van der Waals surface area (Å²) in [5, 5.41) is 3.10. The lowest BCUT2D eigenvalue weighted by atomic mass is 10.0. The van der Waals surface area contributed by atoms with Gasteiger partial charge in [0.25, 0.3) is 10.0 Å². The molecule has 0 bridgehead atoms. The number of para-hydroxylation sites is 1. The summed E-state index contributed by atoms with van der Waals surface area (Å²) in [4.78, 5) is 12.4. The van der Waals surface area contributed by atoms with Crippen LogP contribution in [0.2, 0.25) is 5.02 Å². The molecule has 3 rings (SSSR count). The molecule has 0 aromatic heterocycles. The second-order valence-corrected chi connectivity index (χ2v) is 8.84. The summed E-state index contributed by atoms with van der Waals surface area (Å²) in [5.74, 6) is -0.168. The van der Waals surface area contributed by atoms with E-state index < -0.39 is 10.0 Å². The van der Waals surface area contributed by atoms with Gasteiger partial charge in [0.05, 0.1) is 22.0 Å². The van der Waals surface area contributed by atoms with Crippen LogP contribution in [0.1, 0.15) is 16.7 Å². The highest BCUT2D eigenvalue weighted by atomic mass is 35.5. The molecule has 0 saturated carbocycles. The molecule has 0 saturated heterocycles. The predicted octanol–water partition coefficient (Wildman–Crippen LogP) is 4.94. The van der Waals surface area contributed by atoms with Crippen molar-refractivity contribution < 1.29 is 13.2 Å². The zero-order valence-corrected chi connectivity index (χ0v) is 17.6. The molecule has 150 valence electrons. The van der Waals surface area contributed by atoms with Crippen molar-refractivity contribution in [1.82, 2.24) is 0 Å². The van der Waals surface area contributed by atoms with Gasteiger partial charge in [0, 0.05) is 5.69 Å². The fourth-order valence-electron chi connectivity index (χ4n) is 2.77. The van der Waals surface area contributed by atoms with E-state index in [1.807, 2.05) is 32.0 Å². The summed E-state index contributed by atoms with van der Waals surface area (Å²) >= 11 is 6.01. The maximum atomic E-state index is 12.5. The molecule has 5 nitrogen and oxygen atoms in total. The van der Waals surface area contributed by atoms with E-state index in [9.17, 15) is 13.2 Å². The molecule has 0 aliphatic carbocycles. The van der Waals surface area contributed by atoms with Crippen LogP contribution < -0.4 is 10.0 Å². The predicted molar refractivity (Wildman–Crippen MR) is 117 cm³/mol. The number of carbonyl (C=O) groups excluding carboxylic acids is 1. The van der Waals surface area contributed by atoms with Crippen LogP contribution >= 0.6 is 11.6 Å². The monoisotopic (exact) mass is 428 g/mol.